The number of aryl methyl sites for hydroxylation is 1. The summed E-state index contributed by atoms with van der Waals surface area (Å²) in [7, 11) is 3.66. The molecule has 0 atom stereocenters. The molecule has 106 valence electrons. The second-order valence-corrected chi connectivity index (χ2v) is 4.78. The fourth-order valence-corrected chi connectivity index (χ4v) is 1.83. The number of aromatic nitrogens is 3. The van der Waals surface area contributed by atoms with Gasteiger partial charge in [-0.15, -0.1) is 5.10 Å². The molecule has 0 bridgehead atoms. The summed E-state index contributed by atoms with van der Waals surface area (Å²) in [6.07, 6.45) is 1.74. The molecule has 1 amide bonds. The van der Waals surface area contributed by atoms with E-state index in [0.717, 1.165) is 16.9 Å². The maximum atomic E-state index is 11.2. The number of rotatable bonds is 5. The van der Waals surface area contributed by atoms with Gasteiger partial charge >= 0.3 is 0 Å². The second-order valence-electron chi connectivity index (χ2n) is 4.78. The topological polar surface area (TPSA) is 63.1 Å². The number of hydrogen-bond donors (Lipinski definition) is 1. The van der Waals surface area contributed by atoms with E-state index in [0.29, 0.717) is 13.1 Å². The summed E-state index contributed by atoms with van der Waals surface area (Å²) in [5, 5.41) is 11.1. The fourth-order valence-electron chi connectivity index (χ4n) is 1.83. The van der Waals surface area contributed by atoms with Crippen LogP contribution in [0.25, 0.3) is 0 Å². The smallest absolute Gasteiger partial charge is 0.219 e. The van der Waals surface area contributed by atoms with E-state index in [9.17, 15) is 4.79 Å². The summed E-state index contributed by atoms with van der Waals surface area (Å²) < 4.78 is 1.74. The van der Waals surface area contributed by atoms with Gasteiger partial charge in [0.05, 0.1) is 18.4 Å². The number of hydrogen-bond acceptors (Lipinski definition) is 4. The summed E-state index contributed by atoms with van der Waals surface area (Å²) >= 11 is 0. The molecule has 20 heavy (non-hydrogen) atoms. The molecule has 0 aliphatic carbocycles. The van der Waals surface area contributed by atoms with Crippen molar-refractivity contribution in [3.63, 3.8) is 0 Å². The molecule has 2 aromatic rings. The van der Waals surface area contributed by atoms with Gasteiger partial charge in [-0.3, -0.25) is 9.48 Å². The van der Waals surface area contributed by atoms with Crippen molar-refractivity contribution in [1.29, 1.82) is 0 Å². The molecule has 2 rings (SSSR count). The molecule has 0 aliphatic rings. The molecule has 6 nitrogen and oxygen atoms in total. The summed E-state index contributed by atoms with van der Waals surface area (Å²) in [5.41, 5.74) is 3.12. The molecule has 6 heteroatoms. The third kappa shape index (κ3) is 3.57. The SMILES string of the molecule is CC(=O)N(C)Cc1cccc(NCc2cnnn2C)c1. The van der Waals surface area contributed by atoms with E-state index in [1.807, 2.05) is 31.3 Å². The Morgan fingerprint density at radius 3 is 2.90 bits per heavy atom. The molecule has 0 saturated heterocycles. The highest BCUT2D eigenvalue weighted by atomic mass is 16.2. The Morgan fingerprint density at radius 1 is 1.45 bits per heavy atom. The van der Waals surface area contributed by atoms with Crippen LogP contribution >= 0.6 is 0 Å². The molecule has 0 spiro atoms. The fraction of sp³-hybridized carbons (Fsp3) is 0.357. The molecular formula is C14H19N5O. The average Bonchev–Trinajstić information content (AvgIpc) is 2.82. The Morgan fingerprint density at radius 2 is 2.25 bits per heavy atom. The van der Waals surface area contributed by atoms with Gasteiger partial charge in [-0.1, -0.05) is 17.3 Å². The van der Waals surface area contributed by atoms with E-state index >= 15 is 0 Å². The van der Waals surface area contributed by atoms with Gasteiger partial charge in [0.1, 0.15) is 0 Å². The largest absolute Gasteiger partial charge is 0.379 e. The van der Waals surface area contributed by atoms with Crippen LogP contribution in [0.3, 0.4) is 0 Å². The molecule has 0 saturated carbocycles. The summed E-state index contributed by atoms with van der Waals surface area (Å²) in [6, 6.07) is 8.04. The number of carbonyl (C=O) groups excluding carboxylic acids is 1. The molecule has 1 aromatic heterocycles. The van der Waals surface area contributed by atoms with Crippen LogP contribution in [0.4, 0.5) is 5.69 Å². The minimum atomic E-state index is 0.0596. The highest BCUT2D eigenvalue weighted by Gasteiger charge is 2.04. The first-order valence-electron chi connectivity index (χ1n) is 6.44. The van der Waals surface area contributed by atoms with E-state index in [-0.39, 0.29) is 5.91 Å². The minimum absolute atomic E-state index is 0.0596. The van der Waals surface area contributed by atoms with Crippen molar-refractivity contribution in [1.82, 2.24) is 19.9 Å². The van der Waals surface area contributed by atoms with Gasteiger partial charge in [0.2, 0.25) is 5.91 Å². The lowest BCUT2D eigenvalue weighted by Gasteiger charge is -2.15. The number of nitrogens with zero attached hydrogens (tertiary/aromatic N) is 4. The maximum absolute atomic E-state index is 11.2. The number of nitrogens with one attached hydrogen (secondary N) is 1. The Hall–Kier alpha value is -2.37. The van der Waals surface area contributed by atoms with Crippen molar-refractivity contribution in [3.05, 3.63) is 41.7 Å². The van der Waals surface area contributed by atoms with Crippen molar-refractivity contribution in [2.24, 2.45) is 7.05 Å². The van der Waals surface area contributed by atoms with Crippen molar-refractivity contribution in [2.45, 2.75) is 20.0 Å². The Balaban J connectivity index is 1.99. The molecular weight excluding hydrogens is 254 g/mol. The van der Waals surface area contributed by atoms with E-state index in [2.05, 4.69) is 15.6 Å². The Labute approximate surface area is 118 Å². The van der Waals surface area contributed by atoms with Crippen LogP contribution in [0.2, 0.25) is 0 Å². The third-order valence-electron chi connectivity index (χ3n) is 3.17. The van der Waals surface area contributed by atoms with Crippen LogP contribution in [-0.2, 0) is 24.9 Å². The van der Waals surface area contributed by atoms with Crippen molar-refractivity contribution >= 4 is 11.6 Å². The minimum Gasteiger partial charge on any atom is -0.379 e. The quantitative estimate of drug-likeness (QED) is 0.894. The lowest BCUT2D eigenvalue weighted by Crippen LogP contribution is -2.23. The lowest BCUT2D eigenvalue weighted by molar-refractivity contribution is -0.128. The average molecular weight is 273 g/mol. The number of anilines is 1. The monoisotopic (exact) mass is 273 g/mol. The molecule has 1 aromatic carbocycles. The second kappa shape index (κ2) is 6.18. The zero-order valence-corrected chi connectivity index (χ0v) is 12.0. The Bertz CT molecular complexity index is 593. The van der Waals surface area contributed by atoms with E-state index in [1.54, 1.807) is 29.7 Å². The highest BCUT2D eigenvalue weighted by molar-refractivity contribution is 5.72. The summed E-state index contributed by atoms with van der Waals surface area (Å²) in [6.45, 7) is 2.84. The third-order valence-corrected chi connectivity index (χ3v) is 3.17. The van der Waals surface area contributed by atoms with Gasteiger partial charge in [0.15, 0.2) is 0 Å². The number of carbonyl (C=O) groups is 1. The van der Waals surface area contributed by atoms with Crippen LogP contribution < -0.4 is 5.32 Å². The van der Waals surface area contributed by atoms with Gasteiger partial charge < -0.3 is 10.2 Å². The van der Waals surface area contributed by atoms with Gasteiger partial charge in [-0.25, -0.2) is 0 Å². The predicted octanol–water partition coefficient (Wildman–Crippen LogP) is 1.41. The van der Waals surface area contributed by atoms with Crippen LogP contribution in [0.15, 0.2) is 30.5 Å². The summed E-state index contributed by atoms with van der Waals surface area (Å²) in [5.74, 6) is 0.0596. The zero-order chi connectivity index (χ0) is 14.5. The summed E-state index contributed by atoms with van der Waals surface area (Å²) in [4.78, 5) is 12.9. The van der Waals surface area contributed by atoms with E-state index < -0.39 is 0 Å². The van der Waals surface area contributed by atoms with Gasteiger partial charge in [0, 0.05) is 33.3 Å². The predicted molar refractivity (Wildman–Crippen MR) is 76.9 cm³/mol. The number of amides is 1. The van der Waals surface area contributed by atoms with Crippen molar-refractivity contribution in [2.75, 3.05) is 12.4 Å². The van der Waals surface area contributed by atoms with Gasteiger partial charge in [-0.2, -0.15) is 0 Å². The van der Waals surface area contributed by atoms with Gasteiger partial charge in [0.25, 0.3) is 0 Å². The van der Waals surface area contributed by atoms with Crippen molar-refractivity contribution in [3.8, 4) is 0 Å². The molecule has 1 heterocycles. The highest BCUT2D eigenvalue weighted by Crippen LogP contribution is 2.13. The molecule has 0 unspecified atom stereocenters. The standard InChI is InChI=1S/C14H19N5O/c1-11(20)18(2)10-12-5-4-6-13(7-12)15-8-14-9-16-17-19(14)3/h4-7,9,15H,8,10H2,1-3H3. The van der Waals surface area contributed by atoms with Crippen LogP contribution in [0, 0.1) is 0 Å². The van der Waals surface area contributed by atoms with E-state index in [1.165, 1.54) is 0 Å². The molecule has 0 fully saturated rings. The van der Waals surface area contributed by atoms with Crippen molar-refractivity contribution < 1.29 is 4.79 Å². The number of benzene rings is 1. The molecule has 0 radical (unpaired) electrons. The zero-order valence-electron chi connectivity index (χ0n) is 12.0. The Kier molecular flexibility index (Phi) is 4.34. The van der Waals surface area contributed by atoms with Crippen LogP contribution in [-0.4, -0.2) is 32.8 Å². The van der Waals surface area contributed by atoms with Gasteiger partial charge in [-0.05, 0) is 17.7 Å². The first-order valence-corrected chi connectivity index (χ1v) is 6.44. The van der Waals surface area contributed by atoms with E-state index in [4.69, 9.17) is 0 Å². The first kappa shape index (κ1) is 14.0. The maximum Gasteiger partial charge on any atom is 0.219 e. The molecule has 1 N–H and O–H groups in total. The van der Waals surface area contributed by atoms with Crippen LogP contribution in [0.5, 0.6) is 0 Å². The molecule has 0 aliphatic heterocycles. The van der Waals surface area contributed by atoms with Crippen LogP contribution in [0.1, 0.15) is 18.2 Å². The normalized spacial score (nSPS) is 10.3. The first-order chi connectivity index (χ1) is 9.56. The lowest BCUT2D eigenvalue weighted by atomic mass is 10.2.